The van der Waals surface area contributed by atoms with Gasteiger partial charge in [0.15, 0.2) is 5.82 Å². The minimum atomic E-state index is -0.305. The van der Waals surface area contributed by atoms with Crippen molar-refractivity contribution in [2.24, 2.45) is 0 Å². The van der Waals surface area contributed by atoms with Crippen LogP contribution in [0, 0.1) is 0 Å². The Morgan fingerprint density at radius 3 is 2.62 bits per heavy atom. The maximum Gasteiger partial charge on any atom is 0.320 e. The minimum Gasteiger partial charge on any atom is -0.363 e. The Morgan fingerprint density at radius 2 is 1.92 bits per heavy atom. The molecule has 2 amide bonds. The van der Waals surface area contributed by atoms with E-state index in [9.17, 15) is 4.79 Å². The molecule has 0 radical (unpaired) electrons. The van der Waals surface area contributed by atoms with Gasteiger partial charge < -0.3 is 10.6 Å². The van der Waals surface area contributed by atoms with Crippen LogP contribution in [0.3, 0.4) is 0 Å². The van der Waals surface area contributed by atoms with Crippen LogP contribution in [0.4, 0.5) is 16.4 Å². The number of carbonyl (C=O) groups excluding carboxylic acids is 1. The highest BCUT2D eigenvalue weighted by Crippen LogP contribution is 2.24. The van der Waals surface area contributed by atoms with E-state index in [0.29, 0.717) is 5.82 Å². The molecule has 4 N–H and O–H groups in total. The lowest BCUT2D eigenvalue weighted by atomic mass is 10.1. The molecule has 0 saturated heterocycles. The third-order valence-electron chi connectivity index (χ3n) is 3.83. The molecule has 0 unspecified atom stereocenters. The van der Waals surface area contributed by atoms with Gasteiger partial charge in [0.05, 0.1) is 16.9 Å². The number of rotatable bonds is 4. The molecule has 136 valence electrons. The fraction of sp³-hybridized carbons (Fsp3) is 0.316. The number of carbonyl (C=O) groups is 1. The Labute approximate surface area is 152 Å². The number of nitrogens with one attached hydrogen (secondary N) is 4. The summed E-state index contributed by atoms with van der Waals surface area (Å²) in [6.07, 6.45) is 1.70. The molecule has 1 atom stereocenters. The molecule has 26 heavy (non-hydrogen) atoms. The summed E-state index contributed by atoms with van der Waals surface area (Å²) in [6.45, 7) is 8.13. The number of hydrogen-bond donors (Lipinski definition) is 4. The number of fused-ring (bicyclic) bond motifs is 1. The highest BCUT2D eigenvalue weighted by molar-refractivity contribution is 5.94. The van der Waals surface area contributed by atoms with Crippen LogP contribution in [0.25, 0.3) is 10.9 Å². The van der Waals surface area contributed by atoms with E-state index in [-0.39, 0.29) is 17.6 Å². The molecule has 0 aliphatic rings. The van der Waals surface area contributed by atoms with Gasteiger partial charge >= 0.3 is 6.03 Å². The lowest BCUT2D eigenvalue weighted by Crippen LogP contribution is -2.31. The Hall–Kier alpha value is -3.09. The first-order valence-electron chi connectivity index (χ1n) is 8.56. The highest BCUT2D eigenvalue weighted by atomic mass is 16.2. The van der Waals surface area contributed by atoms with Crippen LogP contribution in [0.1, 0.15) is 39.3 Å². The smallest absolute Gasteiger partial charge is 0.320 e. The fourth-order valence-corrected chi connectivity index (χ4v) is 2.61. The van der Waals surface area contributed by atoms with Gasteiger partial charge in [0.2, 0.25) is 0 Å². The molecule has 3 aromatic rings. The summed E-state index contributed by atoms with van der Waals surface area (Å²) < 4.78 is 0. The number of anilines is 2. The van der Waals surface area contributed by atoms with E-state index in [1.54, 1.807) is 12.3 Å². The van der Waals surface area contributed by atoms with Crippen molar-refractivity contribution >= 4 is 28.6 Å². The monoisotopic (exact) mass is 352 g/mol. The molecule has 7 nitrogen and oxygen atoms in total. The average Bonchev–Trinajstić information content (AvgIpc) is 2.96. The quantitative estimate of drug-likeness (QED) is 0.570. The normalized spacial score (nSPS) is 12.6. The van der Waals surface area contributed by atoms with Crippen molar-refractivity contribution in [3.05, 3.63) is 48.2 Å². The Bertz CT molecular complexity index is 897. The van der Waals surface area contributed by atoms with Crippen LogP contribution in [0.15, 0.2) is 42.6 Å². The Morgan fingerprint density at radius 1 is 1.19 bits per heavy atom. The van der Waals surface area contributed by atoms with Crippen molar-refractivity contribution in [1.82, 2.24) is 20.5 Å². The number of pyridine rings is 1. The SMILES string of the molecule is C[C@@H](NC(=O)Nc1cc2[nH]nc(NC(C)(C)C)c2cn1)c1ccccc1. The van der Waals surface area contributed by atoms with Crippen LogP contribution in [0.5, 0.6) is 0 Å². The molecule has 1 aromatic carbocycles. The predicted molar refractivity (Wildman–Crippen MR) is 104 cm³/mol. The first-order chi connectivity index (χ1) is 12.3. The van der Waals surface area contributed by atoms with Gasteiger partial charge in [0.1, 0.15) is 5.82 Å². The molecule has 0 bridgehead atoms. The summed E-state index contributed by atoms with van der Waals surface area (Å²) in [5, 5.41) is 17.1. The van der Waals surface area contributed by atoms with Crippen molar-refractivity contribution in [2.75, 3.05) is 10.6 Å². The van der Waals surface area contributed by atoms with Crippen molar-refractivity contribution < 1.29 is 4.79 Å². The number of aromatic amines is 1. The summed E-state index contributed by atoms with van der Waals surface area (Å²) in [4.78, 5) is 16.5. The van der Waals surface area contributed by atoms with E-state index in [2.05, 4.69) is 51.9 Å². The van der Waals surface area contributed by atoms with Gasteiger partial charge in [-0.05, 0) is 33.3 Å². The first kappa shape index (κ1) is 17.7. The lowest BCUT2D eigenvalue weighted by Gasteiger charge is -2.20. The molecule has 0 aliphatic carbocycles. The van der Waals surface area contributed by atoms with Crippen LogP contribution in [-0.4, -0.2) is 26.8 Å². The number of urea groups is 1. The second-order valence-corrected chi connectivity index (χ2v) is 7.29. The molecule has 0 aliphatic heterocycles. The standard InChI is InChI=1S/C19H24N6O/c1-12(13-8-6-5-7-9-13)21-18(26)22-16-10-15-14(11-20-16)17(25-24-15)23-19(2,3)4/h5-12H,1-4H3,(H2,23,24,25)(H2,20,21,22,26)/t12-/m1/s1. The molecule has 0 spiro atoms. The number of amides is 2. The molecule has 7 heteroatoms. The third kappa shape index (κ3) is 4.30. The first-order valence-corrected chi connectivity index (χ1v) is 8.56. The maximum atomic E-state index is 12.2. The topological polar surface area (TPSA) is 94.7 Å². The zero-order chi connectivity index (χ0) is 18.7. The van der Waals surface area contributed by atoms with Gasteiger partial charge in [-0.25, -0.2) is 9.78 Å². The van der Waals surface area contributed by atoms with E-state index in [1.165, 1.54) is 0 Å². The predicted octanol–water partition coefficient (Wildman–Crippen LogP) is 4.05. The fourth-order valence-electron chi connectivity index (χ4n) is 2.61. The molecular formula is C19H24N6O. The van der Waals surface area contributed by atoms with Crippen molar-refractivity contribution in [3.8, 4) is 0 Å². The second-order valence-electron chi connectivity index (χ2n) is 7.29. The van der Waals surface area contributed by atoms with E-state index in [0.717, 1.165) is 22.3 Å². The Kier molecular flexibility index (Phi) is 4.79. The largest absolute Gasteiger partial charge is 0.363 e. The number of H-pyrrole nitrogens is 1. The number of nitrogens with zero attached hydrogens (tertiary/aromatic N) is 2. The van der Waals surface area contributed by atoms with Crippen LogP contribution in [-0.2, 0) is 0 Å². The third-order valence-corrected chi connectivity index (χ3v) is 3.83. The van der Waals surface area contributed by atoms with E-state index in [4.69, 9.17) is 0 Å². The Balaban J connectivity index is 1.68. The molecule has 2 aromatic heterocycles. The van der Waals surface area contributed by atoms with E-state index in [1.807, 2.05) is 37.3 Å². The highest BCUT2D eigenvalue weighted by Gasteiger charge is 2.15. The number of benzene rings is 1. The second kappa shape index (κ2) is 7.03. The number of hydrogen-bond acceptors (Lipinski definition) is 4. The maximum absolute atomic E-state index is 12.2. The van der Waals surface area contributed by atoms with Gasteiger partial charge in [0, 0.05) is 17.8 Å². The van der Waals surface area contributed by atoms with Crippen LogP contribution in [0.2, 0.25) is 0 Å². The van der Waals surface area contributed by atoms with Crippen molar-refractivity contribution in [1.29, 1.82) is 0 Å². The average molecular weight is 352 g/mol. The van der Waals surface area contributed by atoms with Gasteiger partial charge in [-0.3, -0.25) is 10.4 Å². The summed E-state index contributed by atoms with van der Waals surface area (Å²) in [5.74, 6) is 1.20. The molecule has 3 rings (SSSR count). The summed E-state index contributed by atoms with van der Waals surface area (Å²) >= 11 is 0. The minimum absolute atomic E-state index is 0.102. The molecular weight excluding hydrogens is 328 g/mol. The molecule has 2 heterocycles. The summed E-state index contributed by atoms with van der Waals surface area (Å²) in [7, 11) is 0. The van der Waals surface area contributed by atoms with E-state index < -0.39 is 0 Å². The van der Waals surface area contributed by atoms with Crippen molar-refractivity contribution in [3.63, 3.8) is 0 Å². The van der Waals surface area contributed by atoms with Crippen molar-refractivity contribution in [2.45, 2.75) is 39.3 Å². The molecule has 0 saturated carbocycles. The van der Waals surface area contributed by atoms with Gasteiger partial charge in [0.25, 0.3) is 0 Å². The van der Waals surface area contributed by atoms with Gasteiger partial charge in [-0.1, -0.05) is 30.3 Å². The van der Waals surface area contributed by atoms with Gasteiger partial charge in [-0.15, -0.1) is 0 Å². The van der Waals surface area contributed by atoms with E-state index >= 15 is 0 Å². The van der Waals surface area contributed by atoms with Crippen LogP contribution < -0.4 is 16.0 Å². The van der Waals surface area contributed by atoms with Gasteiger partial charge in [-0.2, -0.15) is 5.10 Å². The summed E-state index contributed by atoms with van der Waals surface area (Å²) in [6, 6.07) is 11.2. The molecule has 0 fully saturated rings. The zero-order valence-corrected chi connectivity index (χ0v) is 15.4. The summed E-state index contributed by atoms with van der Waals surface area (Å²) in [5.41, 5.74) is 1.74. The van der Waals surface area contributed by atoms with Crippen LogP contribution >= 0.6 is 0 Å². The lowest BCUT2D eigenvalue weighted by molar-refractivity contribution is 0.249. The number of aromatic nitrogens is 3. The zero-order valence-electron chi connectivity index (χ0n) is 15.4.